The Labute approximate surface area is 171 Å². The minimum absolute atomic E-state index is 0.151. The van der Waals surface area contributed by atoms with Crippen LogP contribution in [0, 0.1) is 23.2 Å². The van der Waals surface area contributed by atoms with Crippen molar-refractivity contribution in [3.63, 3.8) is 0 Å². The molecule has 1 heterocycles. The van der Waals surface area contributed by atoms with E-state index in [1.165, 1.54) is 68.2 Å². The summed E-state index contributed by atoms with van der Waals surface area (Å²) in [4.78, 5) is 26.7. The number of hydrogen-bond acceptors (Lipinski definition) is 4. The van der Waals surface area contributed by atoms with Crippen LogP contribution in [0.2, 0.25) is 0 Å². The Morgan fingerprint density at radius 3 is 2.43 bits per heavy atom. The molecule has 1 aromatic rings. The third-order valence-corrected chi connectivity index (χ3v) is 8.82. The van der Waals surface area contributed by atoms with Gasteiger partial charge in [-0.25, -0.2) is 4.79 Å². The quantitative estimate of drug-likeness (QED) is 0.583. The molecule has 4 nitrogen and oxygen atoms in total. The highest BCUT2D eigenvalue weighted by Gasteiger charge is 2.50. The lowest BCUT2D eigenvalue weighted by molar-refractivity contribution is -0.126. The average Bonchev–Trinajstić information content (AvgIpc) is 2.94. The summed E-state index contributed by atoms with van der Waals surface area (Å²) >= 11 is 1.55. The third-order valence-electron chi connectivity index (χ3n) is 7.61. The second-order valence-electron chi connectivity index (χ2n) is 9.89. The van der Waals surface area contributed by atoms with Crippen molar-refractivity contribution in [3.8, 4) is 0 Å². The molecule has 4 fully saturated rings. The predicted molar refractivity (Wildman–Crippen MR) is 109 cm³/mol. The maximum atomic E-state index is 12.4. The summed E-state index contributed by atoms with van der Waals surface area (Å²) in [5, 5.41) is 3.09. The molecule has 0 atom stereocenters. The van der Waals surface area contributed by atoms with Gasteiger partial charge in [-0.15, -0.1) is 11.3 Å². The van der Waals surface area contributed by atoms with Crippen molar-refractivity contribution in [1.82, 2.24) is 5.32 Å². The summed E-state index contributed by atoms with van der Waals surface area (Å²) in [5.41, 5.74) is 1.63. The fourth-order valence-electron chi connectivity index (χ4n) is 6.81. The van der Waals surface area contributed by atoms with E-state index in [0.29, 0.717) is 10.3 Å². The molecule has 5 aliphatic carbocycles. The van der Waals surface area contributed by atoms with E-state index in [9.17, 15) is 9.59 Å². The Morgan fingerprint density at radius 1 is 1.04 bits per heavy atom. The van der Waals surface area contributed by atoms with Gasteiger partial charge in [0.1, 0.15) is 4.88 Å². The summed E-state index contributed by atoms with van der Waals surface area (Å²) in [5.74, 6) is 2.16. The van der Waals surface area contributed by atoms with Gasteiger partial charge in [-0.05, 0) is 99.0 Å². The standard InChI is InChI=1S/C23H31NO3S/c25-21(24-14-23-10-15-6-16(11-23)8-17(7-15)12-23)13-27-22(26)20-9-18-4-2-1-3-5-19(18)28-20/h9,15-17H,1-8,10-14H2,(H,24,25). The number of rotatable bonds is 5. The highest BCUT2D eigenvalue weighted by atomic mass is 32.1. The number of hydrogen-bond donors (Lipinski definition) is 1. The lowest BCUT2D eigenvalue weighted by Gasteiger charge is -2.56. The van der Waals surface area contributed by atoms with E-state index in [2.05, 4.69) is 5.32 Å². The fraction of sp³-hybridized carbons (Fsp3) is 0.739. The van der Waals surface area contributed by atoms with Crippen molar-refractivity contribution < 1.29 is 14.3 Å². The van der Waals surface area contributed by atoms with Crippen molar-refractivity contribution in [2.75, 3.05) is 13.2 Å². The van der Waals surface area contributed by atoms with Gasteiger partial charge < -0.3 is 10.1 Å². The van der Waals surface area contributed by atoms with Gasteiger partial charge in [0.2, 0.25) is 0 Å². The molecular weight excluding hydrogens is 370 g/mol. The van der Waals surface area contributed by atoms with Gasteiger partial charge in [0, 0.05) is 11.4 Å². The normalized spacial score (nSPS) is 33.2. The Kier molecular flexibility index (Phi) is 4.98. The zero-order chi connectivity index (χ0) is 19.1. The van der Waals surface area contributed by atoms with Gasteiger partial charge in [0.25, 0.3) is 5.91 Å². The van der Waals surface area contributed by atoms with Crippen LogP contribution in [0.1, 0.15) is 77.9 Å². The zero-order valence-electron chi connectivity index (χ0n) is 16.6. The molecule has 0 saturated heterocycles. The number of ether oxygens (including phenoxy) is 1. The molecular formula is C23H31NO3S. The first kappa shape index (κ1) is 18.7. The van der Waals surface area contributed by atoms with Crippen LogP contribution in [-0.2, 0) is 22.4 Å². The smallest absolute Gasteiger partial charge is 0.348 e. The van der Waals surface area contributed by atoms with Crippen LogP contribution >= 0.6 is 11.3 Å². The Bertz CT molecular complexity index is 709. The summed E-state index contributed by atoms with van der Waals surface area (Å²) in [6.07, 6.45) is 13.9. The summed E-state index contributed by atoms with van der Waals surface area (Å²) in [6, 6.07) is 1.99. The van der Waals surface area contributed by atoms with E-state index in [-0.39, 0.29) is 18.5 Å². The predicted octanol–water partition coefficient (Wildman–Crippen LogP) is 4.51. The number of amides is 1. The number of nitrogens with one attached hydrogen (secondary N) is 1. The monoisotopic (exact) mass is 401 g/mol. The van der Waals surface area contributed by atoms with Crippen molar-refractivity contribution in [2.45, 2.75) is 70.6 Å². The number of thiophene rings is 1. The highest BCUT2D eigenvalue weighted by molar-refractivity contribution is 7.14. The molecule has 6 rings (SSSR count). The first-order valence-electron chi connectivity index (χ1n) is 11.1. The molecule has 0 aromatic carbocycles. The van der Waals surface area contributed by atoms with Crippen molar-refractivity contribution in [2.24, 2.45) is 23.2 Å². The first-order chi connectivity index (χ1) is 13.6. The molecule has 4 bridgehead atoms. The Hall–Kier alpha value is -1.36. The molecule has 4 saturated carbocycles. The van der Waals surface area contributed by atoms with Gasteiger partial charge in [0.05, 0.1) is 0 Å². The maximum Gasteiger partial charge on any atom is 0.348 e. The lowest BCUT2D eigenvalue weighted by Crippen LogP contribution is -2.51. The van der Waals surface area contributed by atoms with Crippen LogP contribution in [0.4, 0.5) is 0 Å². The van der Waals surface area contributed by atoms with Crippen molar-refractivity contribution >= 4 is 23.2 Å². The van der Waals surface area contributed by atoms with Crippen LogP contribution in [0.5, 0.6) is 0 Å². The van der Waals surface area contributed by atoms with Crippen LogP contribution in [0.3, 0.4) is 0 Å². The number of carbonyl (C=O) groups excluding carboxylic acids is 2. The number of fused-ring (bicyclic) bond motifs is 1. The largest absolute Gasteiger partial charge is 0.451 e. The first-order valence-corrected chi connectivity index (χ1v) is 12.0. The molecule has 0 aliphatic heterocycles. The molecule has 0 radical (unpaired) electrons. The third kappa shape index (κ3) is 3.74. The second kappa shape index (κ2) is 7.47. The van der Waals surface area contributed by atoms with E-state index >= 15 is 0 Å². The van der Waals surface area contributed by atoms with E-state index in [1.54, 1.807) is 11.3 Å². The molecule has 1 amide bonds. The van der Waals surface area contributed by atoms with E-state index in [1.807, 2.05) is 6.07 Å². The molecule has 5 heteroatoms. The number of carbonyl (C=O) groups is 2. The van der Waals surface area contributed by atoms with Gasteiger partial charge in [0.15, 0.2) is 6.61 Å². The molecule has 0 spiro atoms. The summed E-state index contributed by atoms with van der Waals surface area (Å²) in [6.45, 7) is 0.605. The van der Waals surface area contributed by atoms with Gasteiger partial charge in [-0.2, -0.15) is 0 Å². The molecule has 28 heavy (non-hydrogen) atoms. The average molecular weight is 402 g/mol. The van der Waals surface area contributed by atoms with Crippen molar-refractivity contribution in [1.29, 1.82) is 0 Å². The van der Waals surface area contributed by atoms with Gasteiger partial charge >= 0.3 is 5.97 Å². The number of esters is 1. The summed E-state index contributed by atoms with van der Waals surface area (Å²) < 4.78 is 5.33. The van der Waals surface area contributed by atoms with E-state index < -0.39 is 0 Å². The van der Waals surface area contributed by atoms with Gasteiger partial charge in [-0.3, -0.25) is 4.79 Å². The van der Waals surface area contributed by atoms with Crippen molar-refractivity contribution in [3.05, 3.63) is 21.4 Å². The summed E-state index contributed by atoms with van der Waals surface area (Å²) in [7, 11) is 0. The zero-order valence-corrected chi connectivity index (χ0v) is 17.5. The molecule has 1 aromatic heterocycles. The molecule has 152 valence electrons. The second-order valence-corrected chi connectivity index (χ2v) is 11.0. The van der Waals surface area contributed by atoms with E-state index in [0.717, 1.165) is 37.1 Å². The van der Waals surface area contributed by atoms with Crippen LogP contribution in [-0.4, -0.2) is 25.0 Å². The van der Waals surface area contributed by atoms with Crippen LogP contribution in [0.25, 0.3) is 0 Å². The minimum Gasteiger partial charge on any atom is -0.451 e. The van der Waals surface area contributed by atoms with Crippen LogP contribution < -0.4 is 5.32 Å². The lowest BCUT2D eigenvalue weighted by atomic mass is 9.49. The Balaban J connectivity index is 1.11. The minimum atomic E-state index is -0.344. The highest BCUT2D eigenvalue weighted by Crippen LogP contribution is 2.59. The van der Waals surface area contributed by atoms with Crippen LogP contribution in [0.15, 0.2) is 6.07 Å². The Morgan fingerprint density at radius 2 is 1.71 bits per heavy atom. The van der Waals surface area contributed by atoms with E-state index in [4.69, 9.17) is 4.74 Å². The molecule has 1 N–H and O–H groups in total. The molecule has 0 unspecified atom stereocenters. The molecule has 5 aliphatic rings. The fourth-order valence-corrected chi connectivity index (χ4v) is 7.96. The number of aryl methyl sites for hydroxylation is 2. The SMILES string of the molecule is O=C(COC(=O)c1cc2c(s1)CCCCC2)NCC12CC3CC(CC(C3)C1)C2. The maximum absolute atomic E-state index is 12.4. The topological polar surface area (TPSA) is 55.4 Å². The van der Waals surface area contributed by atoms with Gasteiger partial charge in [-0.1, -0.05) is 6.42 Å².